The average Bonchev–Trinajstić information content (AvgIpc) is 2.54. The third kappa shape index (κ3) is 2.36. The fourth-order valence-corrected chi connectivity index (χ4v) is 2.37. The second kappa shape index (κ2) is 4.08. The number of aromatic nitrogens is 2. The van der Waals surface area contributed by atoms with Crippen LogP contribution in [0.2, 0.25) is 5.28 Å². The van der Waals surface area contributed by atoms with E-state index in [4.69, 9.17) is 22.3 Å². The number of benzene rings is 1. The molecule has 0 amide bonds. The average molecular weight is 301 g/mol. The van der Waals surface area contributed by atoms with Crippen molar-refractivity contribution in [2.45, 2.75) is 11.3 Å². The molecule has 2 aromatic rings. The van der Waals surface area contributed by atoms with E-state index in [0.717, 1.165) is 12.1 Å². The molecule has 0 aliphatic carbocycles. The van der Waals surface area contributed by atoms with E-state index < -0.39 is 25.9 Å². The number of imidazole rings is 1. The molecule has 1 aromatic carbocycles. The van der Waals surface area contributed by atoms with Crippen LogP contribution in [0, 0.1) is 0 Å². The van der Waals surface area contributed by atoms with Crippen molar-refractivity contribution in [1.29, 1.82) is 0 Å². The Morgan fingerprint density at radius 1 is 1.35 bits per heavy atom. The summed E-state index contributed by atoms with van der Waals surface area (Å²) >= 11 is 5.53. The Balaban J connectivity index is 2.85. The summed E-state index contributed by atoms with van der Waals surface area (Å²) in [6.45, 7) is 0. The monoisotopic (exact) mass is 300 g/mol. The number of rotatable bonds is 2. The minimum Gasteiger partial charge on any atom is -0.329 e. The minimum absolute atomic E-state index is 0.0749. The van der Waals surface area contributed by atoms with Crippen molar-refractivity contribution in [3.63, 3.8) is 0 Å². The molecule has 4 nitrogen and oxygen atoms in total. The Morgan fingerprint density at radius 2 is 2.00 bits per heavy atom. The molecular formula is C8H4Cl2F2N2O2S. The molecule has 0 aliphatic rings. The molecule has 0 spiro atoms. The molecule has 0 unspecified atom stereocenters. The fraction of sp³-hybridized carbons (Fsp3) is 0.125. The highest BCUT2D eigenvalue weighted by Crippen LogP contribution is 2.31. The van der Waals surface area contributed by atoms with Gasteiger partial charge >= 0.3 is 0 Å². The van der Waals surface area contributed by atoms with Gasteiger partial charge in [-0.3, -0.25) is 0 Å². The first-order chi connectivity index (χ1) is 7.79. The van der Waals surface area contributed by atoms with Gasteiger partial charge in [0.05, 0.1) is 15.9 Å². The largest absolute Gasteiger partial charge is 0.329 e. The number of hydrogen-bond donors (Lipinski definition) is 1. The van der Waals surface area contributed by atoms with Gasteiger partial charge in [0, 0.05) is 16.2 Å². The number of alkyl halides is 2. The predicted molar refractivity (Wildman–Crippen MR) is 59.1 cm³/mol. The number of nitrogens with one attached hydrogen (secondary N) is 1. The lowest BCUT2D eigenvalue weighted by Gasteiger charge is -2.03. The maximum absolute atomic E-state index is 12.7. The number of H-pyrrole nitrogens is 1. The van der Waals surface area contributed by atoms with E-state index in [1.165, 1.54) is 0 Å². The van der Waals surface area contributed by atoms with Gasteiger partial charge in [-0.15, -0.1) is 0 Å². The first kappa shape index (κ1) is 12.5. The van der Waals surface area contributed by atoms with Gasteiger partial charge in [-0.05, 0) is 23.7 Å². The zero-order chi connectivity index (χ0) is 12.8. The quantitative estimate of drug-likeness (QED) is 0.867. The van der Waals surface area contributed by atoms with Crippen LogP contribution >= 0.6 is 22.3 Å². The lowest BCUT2D eigenvalue weighted by atomic mass is 10.2. The number of nitrogens with zero attached hydrogens (tertiary/aromatic N) is 1. The Labute approximate surface area is 104 Å². The maximum atomic E-state index is 12.7. The van der Waals surface area contributed by atoms with Crippen LogP contribution in [0.1, 0.15) is 12.0 Å². The molecule has 1 N–H and O–H groups in total. The highest BCUT2D eigenvalue weighted by Gasteiger charge is 2.20. The van der Waals surface area contributed by atoms with Gasteiger partial charge in [-0.2, -0.15) is 0 Å². The van der Waals surface area contributed by atoms with Crippen LogP contribution < -0.4 is 0 Å². The van der Waals surface area contributed by atoms with Crippen LogP contribution in [0.4, 0.5) is 8.78 Å². The van der Waals surface area contributed by atoms with Crippen LogP contribution in [0.25, 0.3) is 11.0 Å². The zero-order valence-electron chi connectivity index (χ0n) is 7.92. The first-order valence-corrected chi connectivity index (χ1v) is 6.90. The van der Waals surface area contributed by atoms with E-state index >= 15 is 0 Å². The van der Waals surface area contributed by atoms with Crippen molar-refractivity contribution >= 4 is 42.4 Å². The lowest BCUT2D eigenvalue weighted by molar-refractivity contribution is 0.152. The Kier molecular flexibility index (Phi) is 3.01. The smallest absolute Gasteiger partial charge is 0.266 e. The summed E-state index contributed by atoms with van der Waals surface area (Å²) in [5, 5.41) is -0.106. The van der Waals surface area contributed by atoms with Crippen LogP contribution in [-0.2, 0) is 9.05 Å². The lowest BCUT2D eigenvalue weighted by Crippen LogP contribution is -1.95. The van der Waals surface area contributed by atoms with Gasteiger partial charge in [-0.25, -0.2) is 22.2 Å². The summed E-state index contributed by atoms with van der Waals surface area (Å²) in [5.74, 6) is 0. The fourth-order valence-electron chi connectivity index (χ4n) is 1.39. The highest BCUT2D eigenvalue weighted by molar-refractivity contribution is 8.13. The van der Waals surface area contributed by atoms with Gasteiger partial charge < -0.3 is 4.98 Å². The number of fused-ring (bicyclic) bond motifs is 1. The van der Waals surface area contributed by atoms with Crippen molar-refractivity contribution < 1.29 is 17.2 Å². The van der Waals surface area contributed by atoms with Gasteiger partial charge in [0.2, 0.25) is 5.28 Å². The summed E-state index contributed by atoms with van der Waals surface area (Å²) < 4.78 is 47.7. The molecular weight excluding hydrogens is 297 g/mol. The Hall–Kier alpha value is -0.920. The Bertz CT molecular complexity index is 684. The predicted octanol–water partition coefficient (Wildman–Crippen LogP) is 3.08. The van der Waals surface area contributed by atoms with Crippen LogP contribution in [0.3, 0.4) is 0 Å². The second-order valence-electron chi connectivity index (χ2n) is 3.17. The molecule has 92 valence electrons. The molecule has 0 saturated carbocycles. The molecule has 17 heavy (non-hydrogen) atoms. The van der Waals surface area contributed by atoms with Crippen molar-refractivity contribution in [3.8, 4) is 0 Å². The van der Waals surface area contributed by atoms with E-state index in [2.05, 4.69) is 9.97 Å². The molecule has 0 bridgehead atoms. The van der Waals surface area contributed by atoms with Crippen LogP contribution in [0.15, 0.2) is 17.0 Å². The van der Waals surface area contributed by atoms with Gasteiger partial charge in [-0.1, -0.05) is 0 Å². The molecule has 0 radical (unpaired) electrons. The number of halogens is 4. The Morgan fingerprint density at radius 3 is 2.53 bits per heavy atom. The topological polar surface area (TPSA) is 62.8 Å². The minimum atomic E-state index is -4.09. The summed E-state index contributed by atoms with van der Waals surface area (Å²) in [6, 6.07) is 1.88. The maximum Gasteiger partial charge on any atom is 0.266 e. The highest BCUT2D eigenvalue weighted by atomic mass is 35.7. The standard InChI is InChI=1S/C8H4Cl2F2N2O2S/c9-8-13-5-2-3(17(10,15)16)1-4(7(11)12)6(5)14-8/h1-2,7H,(H,13,14). The SMILES string of the molecule is O=S(=O)(Cl)c1cc(C(F)F)c2nc(Cl)[nH]c2c1. The molecule has 0 saturated heterocycles. The van der Waals surface area contributed by atoms with Crippen molar-refractivity contribution in [2.75, 3.05) is 0 Å². The van der Waals surface area contributed by atoms with E-state index in [9.17, 15) is 17.2 Å². The van der Waals surface area contributed by atoms with E-state index in [1.807, 2.05) is 0 Å². The van der Waals surface area contributed by atoms with Crippen LogP contribution in [-0.4, -0.2) is 18.4 Å². The molecule has 9 heteroatoms. The van der Waals surface area contributed by atoms with Crippen molar-refractivity contribution in [2.24, 2.45) is 0 Å². The summed E-state index contributed by atoms with van der Waals surface area (Å²) in [4.78, 5) is 5.69. The van der Waals surface area contributed by atoms with Gasteiger partial charge in [0.15, 0.2) is 0 Å². The summed E-state index contributed by atoms with van der Waals surface area (Å²) in [7, 11) is 1.01. The molecule has 1 heterocycles. The summed E-state index contributed by atoms with van der Waals surface area (Å²) in [5.41, 5.74) is -0.522. The van der Waals surface area contributed by atoms with E-state index in [1.54, 1.807) is 0 Å². The van der Waals surface area contributed by atoms with Crippen molar-refractivity contribution in [3.05, 3.63) is 23.0 Å². The van der Waals surface area contributed by atoms with Crippen LogP contribution in [0.5, 0.6) is 0 Å². The number of aromatic amines is 1. The molecule has 2 rings (SSSR count). The van der Waals surface area contributed by atoms with Gasteiger partial charge in [0.1, 0.15) is 0 Å². The normalized spacial score (nSPS) is 12.5. The number of hydrogen-bond acceptors (Lipinski definition) is 3. The molecule has 0 atom stereocenters. The molecule has 1 aromatic heterocycles. The molecule has 0 aliphatic heterocycles. The third-order valence-corrected chi connectivity index (χ3v) is 3.59. The summed E-state index contributed by atoms with van der Waals surface area (Å²) in [6.07, 6.45) is -2.88. The van der Waals surface area contributed by atoms with Gasteiger partial charge in [0.25, 0.3) is 15.5 Å². The van der Waals surface area contributed by atoms with E-state index in [-0.39, 0.29) is 16.3 Å². The first-order valence-electron chi connectivity index (χ1n) is 4.21. The molecule has 0 fully saturated rings. The van der Waals surface area contributed by atoms with Crippen molar-refractivity contribution in [1.82, 2.24) is 9.97 Å². The van der Waals surface area contributed by atoms with E-state index in [0.29, 0.717) is 0 Å². The second-order valence-corrected chi connectivity index (χ2v) is 6.10. The zero-order valence-corrected chi connectivity index (χ0v) is 10.2. The third-order valence-electron chi connectivity index (χ3n) is 2.08.